The predicted molar refractivity (Wildman–Crippen MR) is 65.5 cm³/mol. The first-order chi connectivity index (χ1) is 8.99. The van der Waals surface area contributed by atoms with E-state index in [2.05, 4.69) is 10.1 Å². The Morgan fingerprint density at radius 2 is 2.21 bits per heavy atom. The van der Waals surface area contributed by atoms with Gasteiger partial charge in [-0.05, 0) is 18.6 Å². The van der Waals surface area contributed by atoms with E-state index in [4.69, 9.17) is 5.11 Å². The second-order valence-corrected chi connectivity index (χ2v) is 4.12. The van der Waals surface area contributed by atoms with Crippen LogP contribution in [-0.2, 0) is 0 Å². The number of hydrogen-bond acceptors (Lipinski definition) is 3. The van der Waals surface area contributed by atoms with Gasteiger partial charge in [0.2, 0.25) is 0 Å². The van der Waals surface area contributed by atoms with Crippen molar-refractivity contribution in [3.63, 3.8) is 0 Å². The van der Waals surface area contributed by atoms with Crippen LogP contribution in [0.25, 0.3) is 5.82 Å². The Hall–Kier alpha value is -2.44. The van der Waals surface area contributed by atoms with Gasteiger partial charge in [-0.2, -0.15) is 5.10 Å². The SMILES string of the molecule is C[C@@H](c1ccc(-n2cc(F)cn2)nc1)N(C)C(=O)O. The van der Waals surface area contributed by atoms with Crippen molar-refractivity contribution in [3.8, 4) is 5.82 Å². The lowest BCUT2D eigenvalue weighted by atomic mass is 10.1. The molecule has 2 heterocycles. The number of aromatic nitrogens is 3. The fourth-order valence-electron chi connectivity index (χ4n) is 1.60. The summed E-state index contributed by atoms with van der Waals surface area (Å²) in [6.07, 6.45) is 2.86. The van der Waals surface area contributed by atoms with E-state index in [-0.39, 0.29) is 6.04 Å². The molecule has 7 heteroatoms. The Balaban J connectivity index is 2.21. The maximum atomic E-state index is 12.8. The number of pyridine rings is 1. The molecule has 100 valence electrons. The molecule has 1 amide bonds. The summed E-state index contributed by atoms with van der Waals surface area (Å²) in [7, 11) is 1.49. The lowest BCUT2D eigenvalue weighted by Crippen LogP contribution is -2.27. The van der Waals surface area contributed by atoms with Crippen molar-refractivity contribution < 1.29 is 14.3 Å². The molecule has 0 aliphatic heterocycles. The molecular formula is C12H13FN4O2. The van der Waals surface area contributed by atoms with Gasteiger partial charge in [-0.15, -0.1) is 0 Å². The molecule has 6 nitrogen and oxygen atoms in total. The molecule has 0 saturated carbocycles. The standard InChI is InChI=1S/C12H13FN4O2/c1-8(16(2)12(18)19)9-3-4-11(14-5-9)17-7-10(13)6-15-17/h3-8H,1-2H3,(H,18,19)/t8-/m0/s1. The van der Waals surface area contributed by atoms with E-state index in [0.717, 1.165) is 11.8 Å². The van der Waals surface area contributed by atoms with E-state index in [1.54, 1.807) is 25.3 Å². The monoisotopic (exact) mass is 264 g/mol. The third kappa shape index (κ3) is 2.70. The van der Waals surface area contributed by atoms with Gasteiger partial charge in [-0.25, -0.2) is 18.9 Å². The van der Waals surface area contributed by atoms with E-state index < -0.39 is 11.9 Å². The molecule has 0 unspecified atom stereocenters. The van der Waals surface area contributed by atoms with Crippen LogP contribution in [0.2, 0.25) is 0 Å². The molecule has 0 aliphatic rings. The van der Waals surface area contributed by atoms with Crippen LogP contribution in [0.15, 0.2) is 30.7 Å². The molecule has 0 saturated heterocycles. The van der Waals surface area contributed by atoms with Crippen LogP contribution in [0.4, 0.5) is 9.18 Å². The zero-order valence-electron chi connectivity index (χ0n) is 10.5. The largest absolute Gasteiger partial charge is 0.465 e. The van der Waals surface area contributed by atoms with Crippen molar-refractivity contribution in [1.29, 1.82) is 0 Å². The quantitative estimate of drug-likeness (QED) is 0.921. The van der Waals surface area contributed by atoms with E-state index in [0.29, 0.717) is 5.82 Å². The van der Waals surface area contributed by atoms with Gasteiger partial charge in [-0.3, -0.25) is 0 Å². The maximum Gasteiger partial charge on any atom is 0.407 e. The summed E-state index contributed by atoms with van der Waals surface area (Å²) in [5, 5.41) is 12.7. The van der Waals surface area contributed by atoms with Gasteiger partial charge in [0.05, 0.1) is 18.4 Å². The molecule has 0 spiro atoms. The van der Waals surface area contributed by atoms with Crippen molar-refractivity contribution in [3.05, 3.63) is 42.1 Å². The van der Waals surface area contributed by atoms with Crippen LogP contribution in [0.5, 0.6) is 0 Å². The summed E-state index contributed by atoms with van der Waals surface area (Å²) in [5.41, 5.74) is 0.751. The Labute approximate surface area is 109 Å². The van der Waals surface area contributed by atoms with Gasteiger partial charge < -0.3 is 10.0 Å². The fourth-order valence-corrected chi connectivity index (χ4v) is 1.60. The average Bonchev–Trinajstić information content (AvgIpc) is 2.84. The average molecular weight is 264 g/mol. The molecule has 0 aromatic carbocycles. The number of carboxylic acid groups (broad SMARTS) is 1. The molecule has 0 radical (unpaired) electrons. The minimum Gasteiger partial charge on any atom is -0.465 e. The molecule has 1 atom stereocenters. The van der Waals surface area contributed by atoms with E-state index >= 15 is 0 Å². The first-order valence-corrected chi connectivity index (χ1v) is 5.61. The molecule has 19 heavy (non-hydrogen) atoms. The maximum absolute atomic E-state index is 12.8. The molecule has 1 N–H and O–H groups in total. The summed E-state index contributed by atoms with van der Waals surface area (Å²) >= 11 is 0. The zero-order valence-corrected chi connectivity index (χ0v) is 10.5. The van der Waals surface area contributed by atoms with Crippen molar-refractivity contribution in [1.82, 2.24) is 19.7 Å². The van der Waals surface area contributed by atoms with Gasteiger partial charge in [0.15, 0.2) is 11.6 Å². The number of carbonyl (C=O) groups is 1. The third-order valence-electron chi connectivity index (χ3n) is 2.92. The first-order valence-electron chi connectivity index (χ1n) is 5.61. The van der Waals surface area contributed by atoms with Crippen LogP contribution < -0.4 is 0 Å². The minimum absolute atomic E-state index is 0.312. The first kappa shape index (κ1) is 13.0. The molecular weight excluding hydrogens is 251 g/mol. The summed E-state index contributed by atoms with van der Waals surface area (Å²) in [5.74, 6) is 0.0303. The van der Waals surface area contributed by atoms with E-state index in [1.807, 2.05) is 0 Å². The number of amides is 1. The van der Waals surface area contributed by atoms with Crippen LogP contribution >= 0.6 is 0 Å². The second kappa shape index (κ2) is 5.05. The Morgan fingerprint density at radius 3 is 2.68 bits per heavy atom. The normalized spacial score (nSPS) is 12.2. The van der Waals surface area contributed by atoms with Crippen molar-refractivity contribution in [2.75, 3.05) is 7.05 Å². The minimum atomic E-state index is -1.01. The Kier molecular flexibility index (Phi) is 3.46. The summed E-state index contributed by atoms with van der Waals surface area (Å²) in [4.78, 5) is 16.2. The van der Waals surface area contributed by atoms with Gasteiger partial charge in [0.25, 0.3) is 0 Å². The molecule has 2 aromatic heterocycles. The summed E-state index contributed by atoms with van der Waals surface area (Å²) in [6, 6.07) is 3.09. The van der Waals surface area contributed by atoms with Crippen molar-refractivity contribution in [2.45, 2.75) is 13.0 Å². The van der Waals surface area contributed by atoms with Crippen LogP contribution in [-0.4, -0.2) is 37.9 Å². The van der Waals surface area contributed by atoms with Gasteiger partial charge in [0.1, 0.15) is 0 Å². The van der Waals surface area contributed by atoms with Crippen LogP contribution in [0, 0.1) is 5.82 Å². The highest BCUT2D eigenvalue weighted by molar-refractivity contribution is 5.65. The second-order valence-electron chi connectivity index (χ2n) is 4.12. The van der Waals surface area contributed by atoms with E-state index in [9.17, 15) is 9.18 Å². The molecule has 0 bridgehead atoms. The molecule has 0 aliphatic carbocycles. The summed E-state index contributed by atoms with van der Waals surface area (Å²) in [6.45, 7) is 1.76. The van der Waals surface area contributed by atoms with Crippen molar-refractivity contribution in [2.24, 2.45) is 0 Å². The lowest BCUT2D eigenvalue weighted by molar-refractivity contribution is 0.142. The lowest BCUT2D eigenvalue weighted by Gasteiger charge is -2.21. The highest BCUT2D eigenvalue weighted by Gasteiger charge is 2.16. The highest BCUT2D eigenvalue weighted by atomic mass is 19.1. The van der Waals surface area contributed by atoms with Gasteiger partial charge in [0, 0.05) is 13.2 Å². The molecule has 2 aromatic rings. The number of nitrogens with zero attached hydrogens (tertiary/aromatic N) is 4. The molecule has 0 fully saturated rings. The Bertz CT molecular complexity index is 582. The number of rotatable bonds is 3. The fraction of sp³-hybridized carbons (Fsp3) is 0.250. The Morgan fingerprint density at radius 1 is 1.47 bits per heavy atom. The van der Waals surface area contributed by atoms with Gasteiger partial charge in [-0.1, -0.05) is 6.07 Å². The molecule has 2 rings (SSSR count). The van der Waals surface area contributed by atoms with Crippen LogP contribution in [0.3, 0.4) is 0 Å². The third-order valence-corrected chi connectivity index (χ3v) is 2.92. The zero-order chi connectivity index (χ0) is 14.0. The highest BCUT2D eigenvalue weighted by Crippen LogP contribution is 2.18. The van der Waals surface area contributed by atoms with E-state index in [1.165, 1.54) is 22.8 Å². The topological polar surface area (TPSA) is 71.2 Å². The van der Waals surface area contributed by atoms with Crippen LogP contribution in [0.1, 0.15) is 18.5 Å². The summed E-state index contributed by atoms with van der Waals surface area (Å²) < 4.78 is 14.1. The number of hydrogen-bond donors (Lipinski definition) is 1. The number of halogens is 1. The smallest absolute Gasteiger partial charge is 0.407 e. The predicted octanol–water partition coefficient (Wildman–Crippen LogP) is 2.08. The van der Waals surface area contributed by atoms with Gasteiger partial charge >= 0.3 is 6.09 Å². The van der Waals surface area contributed by atoms with Crippen molar-refractivity contribution >= 4 is 6.09 Å².